The Morgan fingerprint density at radius 2 is 2.00 bits per heavy atom. The Hall–Kier alpha value is -2.02. The maximum atomic E-state index is 13.0. The number of aryl methyl sites for hydroxylation is 1. The summed E-state index contributed by atoms with van der Waals surface area (Å²) in [6.45, 7) is 1.64. The molecule has 0 saturated heterocycles. The highest BCUT2D eigenvalue weighted by molar-refractivity contribution is 7.91. The zero-order chi connectivity index (χ0) is 15.7. The summed E-state index contributed by atoms with van der Waals surface area (Å²) < 4.78 is 31.1. The maximum absolute atomic E-state index is 13.0. The predicted molar refractivity (Wildman–Crippen MR) is 77.8 cm³/mol. The van der Waals surface area contributed by atoms with Gasteiger partial charge in [-0.2, -0.15) is 4.98 Å². The van der Waals surface area contributed by atoms with Gasteiger partial charge in [0.15, 0.2) is 15.7 Å². The average Bonchev–Trinajstić information content (AvgIpc) is 3.09. The average molecular weight is 320 g/mol. The van der Waals surface area contributed by atoms with E-state index in [0.29, 0.717) is 18.7 Å². The van der Waals surface area contributed by atoms with Crippen LogP contribution in [-0.2, 0) is 14.6 Å². The van der Waals surface area contributed by atoms with E-state index in [0.717, 1.165) is 0 Å². The molecule has 1 aliphatic rings. The van der Waals surface area contributed by atoms with E-state index in [2.05, 4.69) is 10.1 Å². The molecule has 1 fully saturated rings. The van der Waals surface area contributed by atoms with E-state index in [1.165, 1.54) is 0 Å². The van der Waals surface area contributed by atoms with Crippen LogP contribution in [0.25, 0.3) is 0 Å². The smallest absolute Gasteiger partial charge is 0.245 e. The number of nitrogens with zero attached hydrogens (tertiary/aromatic N) is 2. The molecule has 0 N–H and O–H groups in total. The molecule has 0 aliphatic heterocycles. The Bertz CT molecular complexity index is 783. The molecule has 2 atom stereocenters. The van der Waals surface area contributed by atoms with Gasteiger partial charge >= 0.3 is 0 Å². The van der Waals surface area contributed by atoms with E-state index in [4.69, 9.17) is 4.52 Å². The van der Waals surface area contributed by atoms with Gasteiger partial charge in [0.05, 0.1) is 4.90 Å². The molecule has 6 nitrogen and oxygen atoms in total. The molecule has 1 saturated carbocycles. The number of carbonyl (C=O) groups excluding carboxylic acids is 1. The SMILES string of the molecule is Cc1noc(C(C2CCC(=O)C2)S(=O)(=O)c2ccccc2)n1. The van der Waals surface area contributed by atoms with Crippen LogP contribution in [0.3, 0.4) is 0 Å². The van der Waals surface area contributed by atoms with Gasteiger partial charge < -0.3 is 4.52 Å². The Kier molecular flexibility index (Phi) is 3.82. The number of Topliss-reactive ketones (excluding diaryl/α,β-unsaturated/α-hetero) is 1. The molecule has 0 radical (unpaired) electrons. The fraction of sp³-hybridized carbons (Fsp3) is 0.400. The van der Waals surface area contributed by atoms with Crippen LogP contribution >= 0.6 is 0 Å². The Balaban J connectivity index is 2.07. The van der Waals surface area contributed by atoms with Crippen molar-refractivity contribution in [3.05, 3.63) is 42.0 Å². The van der Waals surface area contributed by atoms with Gasteiger partial charge in [-0.1, -0.05) is 23.4 Å². The molecule has 116 valence electrons. The molecule has 0 bridgehead atoms. The van der Waals surface area contributed by atoms with Crippen molar-refractivity contribution in [1.82, 2.24) is 10.1 Å². The summed E-state index contributed by atoms with van der Waals surface area (Å²) in [7, 11) is -3.70. The lowest BCUT2D eigenvalue weighted by Crippen LogP contribution is -2.21. The molecule has 1 heterocycles. The van der Waals surface area contributed by atoms with Crippen molar-refractivity contribution in [2.45, 2.75) is 36.3 Å². The maximum Gasteiger partial charge on any atom is 0.245 e. The molecule has 3 rings (SSSR count). The molecule has 1 aromatic heterocycles. The van der Waals surface area contributed by atoms with Gasteiger partial charge in [-0.25, -0.2) is 8.42 Å². The highest BCUT2D eigenvalue weighted by Crippen LogP contribution is 2.41. The van der Waals surface area contributed by atoms with Crippen molar-refractivity contribution in [1.29, 1.82) is 0 Å². The second kappa shape index (κ2) is 5.64. The number of rotatable bonds is 4. The molecule has 1 aliphatic carbocycles. The van der Waals surface area contributed by atoms with Crippen molar-refractivity contribution in [3.8, 4) is 0 Å². The van der Waals surface area contributed by atoms with Crippen LogP contribution in [0.5, 0.6) is 0 Å². The van der Waals surface area contributed by atoms with Crippen LogP contribution in [0.4, 0.5) is 0 Å². The zero-order valence-electron chi connectivity index (χ0n) is 12.1. The molecule has 7 heteroatoms. The first-order valence-corrected chi connectivity index (χ1v) is 8.64. The molecule has 2 unspecified atom stereocenters. The summed E-state index contributed by atoms with van der Waals surface area (Å²) in [6, 6.07) is 8.18. The van der Waals surface area contributed by atoms with E-state index >= 15 is 0 Å². The first-order valence-electron chi connectivity index (χ1n) is 7.09. The van der Waals surface area contributed by atoms with Crippen LogP contribution in [0, 0.1) is 12.8 Å². The summed E-state index contributed by atoms with van der Waals surface area (Å²) in [5.74, 6) is 0.209. The van der Waals surface area contributed by atoms with Gasteiger partial charge in [0.1, 0.15) is 11.0 Å². The second-order valence-electron chi connectivity index (χ2n) is 5.50. The summed E-state index contributed by atoms with van der Waals surface area (Å²) in [6.07, 6.45) is 1.16. The number of hydrogen-bond acceptors (Lipinski definition) is 6. The quantitative estimate of drug-likeness (QED) is 0.858. The normalized spacial score (nSPS) is 20.2. The minimum Gasteiger partial charge on any atom is -0.338 e. The summed E-state index contributed by atoms with van der Waals surface area (Å²) in [4.78, 5) is 15.9. The van der Waals surface area contributed by atoms with Gasteiger partial charge in [-0.3, -0.25) is 4.79 Å². The molecule has 0 spiro atoms. The summed E-state index contributed by atoms with van der Waals surface area (Å²) in [5, 5.41) is 2.73. The Morgan fingerprint density at radius 3 is 2.55 bits per heavy atom. The van der Waals surface area contributed by atoms with E-state index in [-0.39, 0.29) is 28.9 Å². The Morgan fingerprint density at radius 1 is 1.27 bits per heavy atom. The lowest BCUT2D eigenvalue weighted by atomic mass is 10.0. The van der Waals surface area contributed by atoms with Gasteiger partial charge in [-0.15, -0.1) is 0 Å². The highest BCUT2D eigenvalue weighted by atomic mass is 32.2. The third-order valence-electron chi connectivity index (χ3n) is 3.90. The highest BCUT2D eigenvalue weighted by Gasteiger charge is 2.43. The van der Waals surface area contributed by atoms with E-state index < -0.39 is 15.1 Å². The van der Waals surface area contributed by atoms with Crippen molar-refractivity contribution >= 4 is 15.6 Å². The second-order valence-corrected chi connectivity index (χ2v) is 7.57. The molecule has 0 amide bonds. The van der Waals surface area contributed by atoms with Crippen LogP contribution < -0.4 is 0 Å². The number of hydrogen-bond donors (Lipinski definition) is 0. The van der Waals surface area contributed by atoms with E-state index in [1.54, 1.807) is 37.3 Å². The number of sulfone groups is 1. The lowest BCUT2D eigenvalue weighted by molar-refractivity contribution is -0.117. The van der Waals surface area contributed by atoms with Crippen LogP contribution in [0.15, 0.2) is 39.8 Å². The number of benzene rings is 1. The molecule has 22 heavy (non-hydrogen) atoms. The van der Waals surface area contributed by atoms with Crippen LogP contribution in [0.2, 0.25) is 0 Å². The largest absolute Gasteiger partial charge is 0.338 e. The number of aromatic nitrogens is 2. The molecular formula is C15H16N2O4S. The van der Waals surface area contributed by atoms with Crippen LogP contribution in [0.1, 0.15) is 36.2 Å². The Labute approximate surface area is 128 Å². The van der Waals surface area contributed by atoms with Gasteiger partial charge in [0.2, 0.25) is 5.89 Å². The number of carbonyl (C=O) groups is 1. The third kappa shape index (κ3) is 2.68. The first-order chi connectivity index (χ1) is 10.5. The minimum atomic E-state index is -3.70. The fourth-order valence-electron chi connectivity index (χ4n) is 2.87. The summed E-state index contributed by atoms with van der Waals surface area (Å²) >= 11 is 0. The van der Waals surface area contributed by atoms with Crippen molar-refractivity contribution in [3.63, 3.8) is 0 Å². The van der Waals surface area contributed by atoms with Crippen LogP contribution in [-0.4, -0.2) is 24.3 Å². The van der Waals surface area contributed by atoms with Gasteiger partial charge in [0.25, 0.3) is 0 Å². The topological polar surface area (TPSA) is 90.1 Å². The summed E-state index contributed by atoms with van der Waals surface area (Å²) in [5.41, 5.74) is 0. The zero-order valence-corrected chi connectivity index (χ0v) is 12.9. The van der Waals surface area contributed by atoms with E-state index in [9.17, 15) is 13.2 Å². The standard InChI is InChI=1S/C15H16N2O4S/c1-10-16-15(21-17-10)14(11-7-8-12(18)9-11)22(19,20)13-5-3-2-4-6-13/h2-6,11,14H,7-9H2,1H3. The molecular weight excluding hydrogens is 304 g/mol. The van der Waals surface area contributed by atoms with Gasteiger partial charge in [-0.05, 0) is 31.4 Å². The van der Waals surface area contributed by atoms with Crippen molar-refractivity contribution < 1.29 is 17.7 Å². The third-order valence-corrected chi connectivity index (χ3v) is 6.09. The minimum absolute atomic E-state index is 0.0704. The first kappa shape index (κ1) is 14.9. The fourth-order valence-corrected chi connectivity index (χ4v) is 4.80. The van der Waals surface area contributed by atoms with Crippen molar-refractivity contribution in [2.75, 3.05) is 0 Å². The monoisotopic (exact) mass is 320 g/mol. The molecule has 1 aromatic carbocycles. The molecule has 2 aromatic rings. The number of ketones is 1. The van der Waals surface area contributed by atoms with Crippen molar-refractivity contribution in [2.24, 2.45) is 5.92 Å². The predicted octanol–water partition coefficient (Wildman–Crippen LogP) is 2.26. The van der Waals surface area contributed by atoms with Gasteiger partial charge in [0, 0.05) is 12.8 Å². The lowest BCUT2D eigenvalue weighted by Gasteiger charge is -2.19. The van der Waals surface area contributed by atoms with E-state index in [1.807, 2.05) is 0 Å².